The van der Waals surface area contributed by atoms with Gasteiger partial charge < -0.3 is 14.6 Å². The van der Waals surface area contributed by atoms with Gasteiger partial charge in [-0.05, 0) is 25.7 Å². The highest BCUT2D eigenvalue weighted by Crippen LogP contribution is 2.21. The molecular formula is C13H23N3O. The van der Waals surface area contributed by atoms with E-state index in [0.29, 0.717) is 12.1 Å². The first-order valence-corrected chi connectivity index (χ1v) is 6.60. The van der Waals surface area contributed by atoms with Gasteiger partial charge in [0.15, 0.2) is 0 Å². The zero-order chi connectivity index (χ0) is 12.1. The molecule has 4 heteroatoms. The minimum atomic E-state index is 0.387. The van der Waals surface area contributed by atoms with Crippen LogP contribution in [0.25, 0.3) is 0 Å². The quantitative estimate of drug-likeness (QED) is 0.822. The van der Waals surface area contributed by atoms with E-state index >= 15 is 0 Å². The van der Waals surface area contributed by atoms with Crippen LogP contribution in [0.15, 0.2) is 12.5 Å². The van der Waals surface area contributed by atoms with Gasteiger partial charge in [0.05, 0.1) is 18.1 Å². The lowest BCUT2D eigenvalue weighted by molar-refractivity contribution is 0.0845. The number of aryl methyl sites for hydroxylation is 1. The van der Waals surface area contributed by atoms with Gasteiger partial charge in [-0.1, -0.05) is 6.92 Å². The van der Waals surface area contributed by atoms with Crippen molar-refractivity contribution in [3.05, 3.63) is 18.2 Å². The molecule has 96 valence electrons. The number of aromatic nitrogens is 2. The summed E-state index contributed by atoms with van der Waals surface area (Å²) in [4.78, 5) is 4.22. The summed E-state index contributed by atoms with van der Waals surface area (Å²) in [5.74, 6) is 0. The molecule has 1 aliphatic carbocycles. The molecule has 1 N–H and O–H groups in total. The van der Waals surface area contributed by atoms with Crippen molar-refractivity contribution in [2.24, 2.45) is 0 Å². The van der Waals surface area contributed by atoms with Gasteiger partial charge in [0.25, 0.3) is 0 Å². The smallest absolute Gasteiger partial charge is 0.0948 e. The third kappa shape index (κ3) is 3.07. The van der Waals surface area contributed by atoms with E-state index < -0.39 is 0 Å². The first kappa shape index (κ1) is 12.6. The number of nitrogens with zero attached hydrogens (tertiary/aromatic N) is 2. The van der Waals surface area contributed by atoms with E-state index in [1.54, 1.807) is 0 Å². The summed E-state index contributed by atoms with van der Waals surface area (Å²) in [5, 5.41) is 3.60. The minimum Gasteiger partial charge on any atom is -0.380 e. The Hall–Kier alpha value is -0.870. The largest absolute Gasteiger partial charge is 0.380 e. The van der Waals surface area contributed by atoms with Crippen LogP contribution in [0.3, 0.4) is 0 Å². The van der Waals surface area contributed by atoms with Crippen molar-refractivity contribution in [2.45, 2.75) is 57.8 Å². The van der Waals surface area contributed by atoms with Crippen LogP contribution in [0.5, 0.6) is 0 Å². The SMILES string of the molecule is CCCn1cncc1CNC1CCCC1OC. The summed E-state index contributed by atoms with van der Waals surface area (Å²) in [6, 6.07) is 0.505. The maximum atomic E-state index is 5.49. The van der Waals surface area contributed by atoms with Crippen molar-refractivity contribution < 1.29 is 4.74 Å². The van der Waals surface area contributed by atoms with Gasteiger partial charge in [-0.2, -0.15) is 0 Å². The summed E-state index contributed by atoms with van der Waals surface area (Å²) >= 11 is 0. The maximum Gasteiger partial charge on any atom is 0.0948 e. The van der Waals surface area contributed by atoms with E-state index in [1.807, 2.05) is 19.6 Å². The fourth-order valence-corrected chi connectivity index (χ4v) is 2.61. The molecule has 2 atom stereocenters. The number of hydrogen-bond acceptors (Lipinski definition) is 3. The fraction of sp³-hybridized carbons (Fsp3) is 0.769. The van der Waals surface area contributed by atoms with Crippen LogP contribution in [-0.2, 0) is 17.8 Å². The van der Waals surface area contributed by atoms with Gasteiger partial charge in [0, 0.05) is 32.4 Å². The third-order valence-corrected chi connectivity index (χ3v) is 3.56. The molecule has 0 radical (unpaired) electrons. The molecule has 1 aromatic heterocycles. The molecule has 1 saturated carbocycles. The number of nitrogens with one attached hydrogen (secondary N) is 1. The number of rotatable bonds is 6. The molecule has 0 spiro atoms. The summed E-state index contributed by atoms with van der Waals surface area (Å²) in [6.45, 7) is 4.13. The number of imidazole rings is 1. The average Bonchev–Trinajstić information content (AvgIpc) is 2.95. The molecule has 1 aliphatic rings. The topological polar surface area (TPSA) is 39.1 Å². The Bertz CT molecular complexity index is 337. The maximum absolute atomic E-state index is 5.49. The Labute approximate surface area is 103 Å². The molecule has 0 aliphatic heterocycles. The predicted octanol–water partition coefficient (Wildman–Crippen LogP) is 1.95. The van der Waals surface area contributed by atoms with Crippen LogP contribution >= 0.6 is 0 Å². The Morgan fingerprint density at radius 1 is 1.53 bits per heavy atom. The van der Waals surface area contributed by atoms with Gasteiger partial charge in [-0.3, -0.25) is 0 Å². The molecule has 1 fully saturated rings. The zero-order valence-electron chi connectivity index (χ0n) is 10.9. The fourth-order valence-electron chi connectivity index (χ4n) is 2.61. The Balaban J connectivity index is 1.86. The Morgan fingerprint density at radius 3 is 3.18 bits per heavy atom. The lowest BCUT2D eigenvalue weighted by atomic mass is 10.2. The lowest BCUT2D eigenvalue weighted by Crippen LogP contribution is -2.36. The van der Waals surface area contributed by atoms with Crippen molar-refractivity contribution in [3.63, 3.8) is 0 Å². The summed E-state index contributed by atoms with van der Waals surface area (Å²) in [7, 11) is 1.81. The van der Waals surface area contributed by atoms with Crippen LogP contribution in [0.4, 0.5) is 0 Å². The summed E-state index contributed by atoms with van der Waals surface area (Å²) in [5.41, 5.74) is 1.27. The van der Waals surface area contributed by atoms with E-state index in [9.17, 15) is 0 Å². The third-order valence-electron chi connectivity index (χ3n) is 3.56. The van der Waals surface area contributed by atoms with E-state index in [2.05, 4.69) is 21.8 Å². The lowest BCUT2D eigenvalue weighted by Gasteiger charge is -2.20. The summed E-state index contributed by atoms with van der Waals surface area (Å²) < 4.78 is 7.71. The van der Waals surface area contributed by atoms with Gasteiger partial charge in [-0.25, -0.2) is 4.98 Å². The molecule has 0 bridgehead atoms. The van der Waals surface area contributed by atoms with E-state index in [0.717, 1.165) is 19.5 Å². The van der Waals surface area contributed by atoms with Crippen LogP contribution in [0.2, 0.25) is 0 Å². The Morgan fingerprint density at radius 2 is 2.41 bits per heavy atom. The van der Waals surface area contributed by atoms with Gasteiger partial charge in [-0.15, -0.1) is 0 Å². The molecule has 0 saturated heterocycles. The number of hydrogen-bond donors (Lipinski definition) is 1. The predicted molar refractivity (Wildman–Crippen MR) is 67.8 cm³/mol. The number of ether oxygens (including phenoxy) is 1. The second-order valence-electron chi connectivity index (χ2n) is 4.77. The van der Waals surface area contributed by atoms with Crippen molar-refractivity contribution in [1.29, 1.82) is 0 Å². The monoisotopic (exact) mass is 237 g/mol. The highest BCUT2D eigenvalue weighted by molar-refractivity contribution is 4.99. The van der Waals surface area contributed by atoms with Crippen LogP contribution in [0, 0.1) is 0 Å². The van der Waals surface area contributed by atoms with Crippen LogP contribution < -0.4 is 5.32 Å². The first-order valence-electron chi connectivity index (χ1n) is 6.60. The number of methoxy groups -OCH3 is 1. The van der Waals surface area contributed by atoms with Gasteiger partial charge in [0.2, 0.25) is 0 Å². The van der Waals surface area contributed by atoms with E-state index in [-0.39, 0.29) is 0 Å². The Kier molecular flexibility index (Phi) is 4.57. The van der Waals surface area contributed by atoms with E-state index in [1.165, 1.54) is 25.0 Å². The normalized spacial score (nSPS) is 24.4. The first-order chi connectivity index (χ1) is 8.35. The molecule has 1 aromatic rings. The average molecular weight is 237 g/mol. The van der Waals surface area contributed by atoms with Crippen LogP contribution in [0.1, 0.15) is 38.3 Å². The second-order valence-corrected chi connectivity index (χ2v) is 4.77. The summed E-state index contributed by atoms with van der Waals surface area (Å²) in [6.07, 6.45) is 9.08. The molecule has 2 unspecified atom stereocenters. The molecule has 0 aromatic carbocycles. The second kappa shape index (κ2) is 6.17. The molecule has 4 nitrogen and oxygen atoms in total. The van der Waals surface area contributed by atoms with Gasteiger partial charge >= 0.3 is 0 Å². The molecule has 0 amide bonds. The van der Waals surface area contributed by atoms with Crippen LogP contribution in [-0.4, -0.2) is 28.8 Å². The van der Waals surface area contributed by atoms with Crippen molar-refractivity contribution >= 4 is 0 Å². The van der Waals surface area contributed by atoms with E-state index in [4.69, 9.17) is 4.74 Å². The molecule has 1 heterocycles. The van der Waals surface area contributed by atoms with Crippen molar-refractivity contribution in [1.82, 2.24) is 14.9 Å². The van der Waals surface area contributed by atoms with Gasteiger partial charge in [0.1, 0.15) is 0 Å². The molecular weight excluding hydrogens is 214 g/mol. The zero-order valence-corrected chi connectivity index (χ0v) is 10.9. The van der Waals surface area contributed by atoms with Crippen molar-refractivity contribution in [3.8, 4) is 0 Å². The standard InChI is InChI=1S/C13H23N3O/c1-3-7-16-10-14-8-11(16)9-15-12-5-4-6-13(12)17-2/h8,10,12-13,15H,3-7,9H2,1-2H3. The van der Waals surface area contributed by atoms with Crippen molar-refractivity contribution in [2.75, 3.05) is 7.11 Å². The molecule has 2 rings (SSSR count). The molecule has 17 heavy (non-hydrogen) atoms. The highest BCUT2D eigenvalue weighted by Gasteiger charge is 2.26. The minimum absolute atomic E-state index is 0.387. The highest BCUT2D eigenvalue weighted by atomic mass is 16.5.